The van der Waals surface area contributed by atoms with Crippen LogP contribution in [0, 0.1) is 0 Å². The molecule has 1 rings (SSSR count). The quantitative estimate of drug-likeness (QED) is 0.751. The van der Waals surface area contributed by atoms with E-state index in [-0.39, 0.29) is 11.6 Å². The van der Waals surface area contributed by atoms with Crippen molar-refractivity contribution in [2.45, 2.75) is 12.2 Å². The molecule has 1 amide bonds. The Hall–Kier alpha value is -1.67. The summed E-state index contributed by atoms with van der Waals surface area (Å²) in [5.74, 6) is -0.124. The number of nitrogens with two attached hydrogens (primary N) is 1. The Morgan fingerprint density at radius 2 is 2.15 bits per heavy atom. The summed E-state index contributed by atoms with van der Waals surface area (Å²) in [4.78, 5) is 12.0. The number of hydrogen-bond acceptors (Lipinski definition) is 5. The number of anilines is 1. The third kappa shape index (κ3) is 5.14. The predicted molar refractivity (Wildman–Crippen MR) is 81.7 cm³/mol. The Kier molecular flexibility index (Phi) is 5.46. The number of carbonyl (C=O) groups is 1. The fraction of sp³-hybridized carbons (Fsp3) is 0.333. The molecule has 0 bridgehead atoms. The number of nitrogens with one attached hydrogen (secondary N) is 1. The first kappa shape index (κ1) is 16.4. The lowest BCUT2D eigenvalue weighted by atomic mass is 10.3. The highest BCUT2D eigenvalue weighted by Crippen LogP contribution is 2.18. The molecule has 0 fully saturated rings. The number of sulfone groups is 1. The van der Waals surface area contributed by atoms with Gasteiger partial charge >= 0.3 is 0 Å². The third-order valence-electron chi connectivity index (χ3n) is 2.49. The maximum absolute atomic E-state index is 11.8. The van der Waals surface area contributed by atoms with Crippen LogP contribution in [-0.2, 0) is 14.6 Å². The highest BCUT2D eigenvalue weighted by molar-refractivity contribution is 7.92. The van der Waals surface area contributed by atoms with E-state index in [1.54, 1.807) is 24.3 Å². The summed E-state index contributed by atoms with van der Waals surface area (Å²) >= 11 is 4.69. The summed E-state index contributed by atoms with van der Waals surface area (Å²) in [6.07, 6.45) is 1.01. The molecular formula is C12H16N2O4S2. The van der Waals surface area contributed by atoms with Crippen molar-refractivity contribution < 1.29 is 17.9 Å². The van der Waals surface area contributed by atoms with Gasteiger partial charge in [0, 0.05) is 18.0 Å². The normalized spacial score (nSPS) is 12.5. The van der Waals surface area contributed by atoms with Gasteiger partial charge < -0.3 is 15.8 Å². The van der Waals surface area contributed by atoms with Crippen molar-refractivity contribution in [3.63, 3.8) is 0 Å². The predicted octanol–water partition coefficient (Wildman–Crippen LogP) is 0.723. The number of rotatable bonds is 6. The molecule has 0 saturated heterocycles. The first-order valence-electron chi connectivity index (χ1n) is 5.71. The Balaban J connectivity index is 2.76. The topological polar surface area (TPSA) is 98.5 Å². The van der Waals surface area contributed by atoms with Crippen LogP contribution in [0.5, 0.6) is 5.75 Å². The van der Waals surface area contributed by atoms with Crippen molar-refractivity contribution in [1.82, 2.24) is 0 Å². The zero-order chi connectivity index (χ0) is 15.3. The molecule has 1 aromatic rings. The minimum absolute atomic E-state index is 0.0898. The summed E-state index contributed by atoms with van der Waals surface area (Å²) < 4.78 is 27.9. The molecule has 20 heavy (non-hydrogen) atoms. The number of carbonyl (C=O) groups excluding carboxylic acids is 1. The molecule has 110 valence electrons. The Morgan fingerprint density at radius 1 is 1.50 bits per heavy atom. The lowest BCUT2D eigenvalue weighted by Crippen LogP contribution is -2.31. The lowest BCUT2D eigenvalue weighted by molar-refractivity contribution is -0.115. The maximum atomic E-state index is 11.8. The molecule has 0 aliphatic carbocycles. The van der Waals surface area contributed by atoms with Crippen LogP contribution >= 0.6 is 12.2 Å². The van der Waals surface area contributed by atoms with E-state index in [1.165, 1.54) is 6.92 Å². The summed E-state index contributed by atoms with van der Waals surface area (Å²) in [6, 6.07) is 6.52. The van der Waals surface area contributed by atoms with Gasteiger partial charge in [-0.25, -0.2) is 8.42 Å². The van der Waals surface area contributed by atoms with Crippen LogP contribution in [0.1, 0.15) is 6.92 Å². The van der Waals surface area contributed by atoms with Gasteiger partial charge in [-0.05, 0) is 19.1 Å². The Bertz CT molecular complexity index is 614. The Morgan fingerprint density at radius 3 is 2.70 bits per heavy atom. The van der Waals surface area contributed by atoms with Crippen LogP contribution in [0.3, 0.4) is 0 Å². The second-order valence-corrected chi connectivity index (χ2v) is 7.13. The summed E-state index contributed by atoms with van der Waals surface area (Å²) in [7, 11) is -3.43. The molecule has 0 aliphatic rings. The summed E-state index contributed by atoms with van der Waals surface area (Å²) in [6.45, 7) is 1.42. The van der Waals surface area contributed by atoms with Crippen molar-refractivity contribution in [1.29, 1.82) is 0 Å². The molecule has 3 N–H and O–H groups in total. The van der Waals surface area contributed by atoms with Gasteiger partial charge in [-0.15, -0.1) is 0 Å². The molecule has 1 atom stereocenters. The van der Waals surface area contributed by atoms with Crippen LogP contribution in [0.15, 0.2) is 24.3 Å². The van der Waals surface area contributed by atoms with Crippen LogP contribution in [-0.4, -0.2) is 37.4 Å². The second-order valence-electron chi connectivity index (χ2n) is 4.24. The van der Waals surface area contributed by atoms with Crippen LogP contribution in [0.25, 0.3) is 0 Å². The first-order valence-corrected chi connectivity index (χ1v) is 8.07. The largest absolute Gasteiger partial charge is 0.486 e. The minimum Gasteiger partial charge on any atom is -0.486 e. The molecule has 1 unspecified atom stereocenters. The number of thiocarbonyl (C=S) groups is 1. The van der Waals surface area contributed by atoms with Crippen LogP contribution in [0.2, 0.25) is 0 Å². The molecule has 0 spiro atoms. The van der Waals surface area contributed by atoms with Crippen molar-refractivity contribution in [2.75, 3.05) is 18.2 Å². The van der Waals surface area contributed by atoms with Gasteiger partial charge in [0.15, 0.2) is 9.84 Å². The van der Waals surface area contributed by atoms with Gasteiger partial charge in [0.1, 0.15) is 22.6 Å². The number of amides is 1. The molecule has 1 aromatic carbocycles. The van der Waals surface area contributed by atoms with Gasteiger partial charge in [0.25, 0.3) is 0 Å². The molecular weight excluding hydrogens is 300 g/mol. The summed E-state index contributed by atoms with van der Waals surface area (Å²) in [5.41, 5.74) is 5.75. The Labute approximate surface area is 123 Å². The fourth-order valence-electron chi connectivity index (χ4n) is 1.26. The molecule has 0 aromatic heterocycles. The molecule has 6 nitrogen and oxygen atoms in total. The first-order chi connectivity index (χ1) is 9.20. The second kappa shape index (κ2) is 6.67. The van der Waals surface area contributed by atoms with Crippen molar-refractivity contribution in [2.24, 2.45) is 5.73 Å². The van der Waals surface area contributed by atoms with Gasteiger partial charge in [-0.1, -0.05) is 18.3 Å². The molecule has 0 heterocycles. The highest BCUT2D eigenvalue weighted by atomic mass is 32.2. The average molecular weight is 316 g/mol. The number of hydrogen-bond donors (Lipinski definition) is 2. The van der Waals surface area contributed by atoms with E-state index in [0.717, 1.165) is 6.26 Å². The van der Waals surface area contributed by atoms with E-state index >= 15 is 0 Å². The maximum Gasteiger partial charge on any atom is 0.242 e. The van der Waals surface area contributed by atoms with Crippen molar-refractivity contribution in [3.8, 4) is 5.75 Å². The van der Waals surface area contributed by atoms with Crippen molar-refractivity contribution >= 4 is 38.6 Å². The molecule has 0 saturated carbocycles. The smallest absolute Gasteiger partial charge is 0.242 e. The van der Waals surface area contributed by atoms with E-state index in [1.807, 2.05) is 0 Å². The minimum atomic E-state index is -3.43. The number of ether oxygens (including phenoxy) is 1. The molecule has 0 radical (unpaired) electrons. The summed E-state index contributed by atoms with van der Waals surface area (Å²) in [5, 5.41) is 1.39. The van der Waals surface area contributed by atoms with Crippen LogP contribution in [0.4, 0.5) is 5.69 Å². The van der Waals surface area contributed by atoms with Gasteiger partial charge in [0.2, 0.25) is 5.91 Å². The highest BCUT2D eigenvalue weighted by Gasteiger charge is 2.23. The zero-order valence-corrected chi connectivity index (χ0v) is 12.8. The van der Waals surface area contributed by atoms with Crippen LogP contribution < -0.4 is 15.8 Å². The zero-order valence-electron chi connectivity index (χ0n) is 11.1. The monoisotopic (exact) mass is 316 g/mol. The van der Waals surface area contributed by atoms with E-state index in [0.29, 0.717) is 11.4 Å². The van der Waals surface area contributed by atoms with E-state index in [9.17, 15) is 13.2 Å². The van der Waals surface area contributed by atoms with Crippen molar-refractivity contribution in [3.05, 3.63) is 24.3 Å². The SMILES string of the molecule is CC(C(=O)Nc1cccc(OCC(N)=S)c1)S(C)(=O)=O. The lowest BCUT2D eigenvalue weighted by Gasteiger charge is -2.11. The van der Waals surface area contributed by atoms with Gasteiger partial charge in [-0.3, -0.25) is 4.79 Å². The third-order valence-corrected chi connectivity index (χ3v) is 4.11. The van der Waals surface area contributed by atoms with E-state index < -0.39 is 21.0 Å². The standard InChI is InChI=1S/C12H16N2O4S2/c1-8(20(2,16)17)12(15)14-9-4-3-5-10(6-9)18-7-11(13)19/h3-6,8H,7H2,1-2H3,(H2,13,19)(H,14,15). The number of benzene rings is 1. The van der Waals surface area contributed by atoms with Gasteiger partial charge in [0.05, 0.1) is 0 Å². The van der Waals surface area contributed by atoms with Gasteiger partial charge in [-0.2, -0.15) is 0 Å². The average Bonchev–Trinajstić information content (AvgIpc) is 2.34. The van der Waals surface area contributed by atoms with E-state index in [4.69, 9.17) is 10.5 Å². The fourth-order valence-corrected chi connectivity index (χ4v) is 1.76. The molecule has 0 aliphatic heterocycles. The van der Waals surface area contributed by atoms with E-state index in [2.05, 4.69) is 17.5 Å². The molecule has 8 heteroatoms.